The fourth-order valence-electron chi connectivity index (χ4n) is 1.89. The Labute approximate surface area is 120 Å². The lowest BCUT2D eigenvalue weighted by Gasteiger charge is -2.28. The summed E-state index contributed by atoms with van der Waals surface area (Å²) in [5, 5.41) is 17.7. The molecule has 0 bridgehead atoms. The molecule has 0 fully saturated rings. The Bertz CT molecular complexity index is 532. The summed E-state index contributed by atoms with van der Waals surface area (Å²) in [5.74, 6) is 0.227. The molecule has 0 amide bonds. The van der Waals surface area contributed by atoms with Gasteiger partial charge in [-0.25, -0.2) is 4.68 Å². The maximum atomic E-state index is 10.2. The van der Waals surface area contributed by atoms with E-state index in [1.165, 1.54) is 5.56 Å². The lowest BCUT2D eigenvalue weighted by atomic mass is 9.92. The molecular weight excluding hydrogens is 250 g/mol. The monoisotopic (exact) mass is 273 g/mol. The van der Waals surface area contributed by atoms with Crippen molar-refractivity contribution in [1.29, 1.82) is 0 Å². The number of aliphatic hydroxyl groups is 1. The zero-order valence-electron chi connectivity index (χ0n) is 12.4. The number of hydrogen-bond acceptors (Lipinski definition) is 3. The van der Waals surface area contributed by atoms with Crippen molar-refractivity contribution >= 4 is 0 Å². The van der Waals surface area contributed by atoms with Gasteiger partial charge in [0.15, 0.2) is 0 Å². The summed E-state index contributed by atoms with van der Waals surface area (Å²) < 4.78 is 1.84. The number of aromatic nitrogens is 2. The Morgan fingerprint density at radius 3 is 2.80 bits per heavy atom. The minimum absolute atomic E-state index is 0.227. The Hall–Kier alpha value is -1.65. The molecule has 1 heterocycles. The second kappa shape index (κ2) is 6.20. The van der Waals surface area contributed by atoms with Gasteiger partial charge in [-0.15, -0.1) is 0 Å². The average molecular weight is 273 g/mol. The van der Waals surface area contributed by atoms with Crippen molar-refractivity contribution in [1.82, 2.24) is 15.1 Å². The number of nitrogens with zero attached hydrogens (tertiary/aromatic N) is 2. The third-order valence-corrected chi connectivity index (χ3v) is 3.74. The summed E-state index contributed by atoms with van der Waals surface area (Å²) in [4.78, 5) is 0. The van der Waals surface area contributed by atoms with Crippen molar-refractivity contribution in [2.45, 2.75) is 32.9 Å². The first-order valence-electron chi connectivity index (χ1n) is 7.01. The molecule has 2 rings (SSSR count). The quantitative estimate of drug-likeness (QED) is 0.849. The lowest BCUT2D eigenvalue weighted by Crippen LogP contribution is -2.41. The highest BCUT2D eigenvalue weighted by molar-refractivity contribution is 5.34. The van der Waals surface area contributed by atoms with Gasteiger partial charge >= 0.3 is 0 Å². The van der Waals surface area contributed by atoms with Crippen molar-refractivity contribution in [2.75, 3.05) is 6.54 Å². The van der Waals surface area contributed by atoms with Crippen LogP contribution in [0, 0.1) is 5.92 Å². The first-order valence-corrected chi connectivity index (χ1v) is 7.01. The predicted molar refractivity (Wildman–Crippen MR) is 80.7 cm³/mol. The maximum absolute atomic E-state index is 10.2. The second-order valence-corrected chi connectivity index (χ2v) is 5.74. The molecule has 1 atom stereocenters. The summed E-state index contributed by atoms with van der Waals surface area (Å²) in [6.07, 6.45) is 3.70. The zero-order chi connectivity index (χ0) is 14.6. The van der Waals surface area contributed by atoms with E-state index in [9.17, 15) is 5.11 Å². The van der Waals surface area contributed by atoms with Crippen LogP contribution in [0.2, 0.25) is 0 Å². The van der Waals surface area contributed by atoms with Crippen LogP contribution in [0.15, 0.2) is 42.7 Å². The molecule has 0 aliphatic carbocycles. The molecule has 1 aromatic heterocycles. The average Bonchev–Trinajstić information content (AvgIpc) is 2.92. The number of rotatable bonds is 6. The van der Waals surface area contributed by atoms with Crippen molar-refractivity contribution in [3.63, 3.8) is 0 Å². The minimum atomic E-state index is -0.681. The van der Waals surface area contributed by atoms with Gasteiger partial charge in [-0.05, 0) is 36.6 Å². The van der Waals surface area contributed by atoms with E-state index < -0.39 is 5.60 Å². The van der Waals surface area contributed by atoms with Crippen LogP contribution >= 0.6 is 0 Å². The number of hydrogen-bond donors (Lipinski definition) is 2. The fraction of sp³-hybridized carbons (Fsp3) is 0.438. The summed E-state index contributed by atoms with van der Waals surface area (Å²) in [6, 6.07) is 10.1. The van der Waals surface area contributed by atoms with Crippen molar-refractivity contribution in [3.05, 3.63) is 48.3 Å². The van der Waals surface area contributed by atoms with E-state index in [4.69, 9.17) is 0 Å². The van der Waals surface area contributed by atoms with Gasteiger partial charge < -0.3 is 10.4 Å². The first-order chi connectivity index (χ1) is 9.49. The van der Waals surface area contributed by atoms with Gasteiger partial charge in [-0.3, -0.25) is 0 Å². The Kier molecular flexibility index (Phi) is 4.57. The molecule has 1 aromatic carbocycles. The summed E-state index contributed by atoms with van der Waals surface area (Å²) in [5.41, 5.74) is 1.54. The van der Waals surface area contributed by atoms with E-state index in [2.05, 4.69) is 22.5 Å². The van der Waals surface area contributed by atoms with E-state index in [0.717, 1.165) is 12.2 Å². The van der Waals surface area contributed by atoms with E-state index in [-0.39, 0.29) is 5.92 Å². The molecule has 1 unspecified atom stereocenters. The minimum Gasteiger partial charge on any atom is -0.389 e. The molecule has 0 aliphatic rings. The van der Waals surface area contributed by atoms with Gasteiger partial charge in [0, 0.05) is 25.5 Å². The summed E-state index contributed by atoms with van der Waals surface area (Å²) >= 11 is 0. The third kappa shape index (κ3) is 3.68. The molecule has 108 valence electrons. The largest absolute Gasteiger partial charge is 0.389 e. The molecule has 0 spiro atoms. The highest BCUT2D eigenvalue weighted by Crippen LogP contribution is 2.15. The zero-order valence-corrected chi connectivity index (χ0v) is 12.4. The van der Waals surface area contributed by atoms with Crippen LogP contribution in [0.25, 0.3) is 5.69 Å². The van der Waals surface area contributed by atoms with Crippen LogP contribution in [0.3, 0.4) is 0 Å². The molecule has 4 nitrogen and oxygen atoms in total. The molecule has 0 saturated heterocycles. The van der Waals surface area contributed by atoms with Crippen LogP contribution in [-0.2, 0) is 6.54 Å². The van der Waals surface area contributed by atoms with Crippen molar-refractivity contribution in [2.24, 2.45) is 5.92 Å². The van der Waals surface area contributed by atoms with Crippen LogP contribution in [0.5, 0.6) is 0 Å². The van der Waals surface area contributed by atoms with Crippen LogP contribution in [0.4, 0.5) is 0 Å². The molecule has 20 heavy (non-hydrogen) atoms. The molecule has 2 aromatic rings. The number of nitrogens with one attached hydrogen (secondary N) is 1. The Morgan fingerprint density at radius 1 is 1.35 bits per heavy atom. The highest BCUT2D eigenvalue weighted by atomic mass is 16.3. The smallest absolute Gasteiger partial charge is 0.0766 e. The van der Waals surface area contributed by atoms with Gasteiger partial charge in [0.2, 0.25) is 0 Å². The highest BCUT2D eigenvalue weighted by Gasteiger charge is 2.23. The fourth-order valence-corrected chi connectivity index (χ4v) is 1.89. The molecule has 0 saturated carbocycles. The van der Waals surface area contributed by atoms with Crippen molar-refractivity contribution in [3.8, 4) is 5.69 Å². The maximum Gasteiger partial charge on any atom is 0.0766 e. The lowest BCUT2D eigenvalue weighted by molar-refractivity contribution is 0.0140. The van der Waals surface area contributed by atoms with Crippen LogP contribution < -0.4 is 5.32 Å². The predicted octanol–water partition coefficient (Wildman–Crippen LogP) is 2.37. The van der Waals surface area contributed by atoms with E-state index >= 15 is 0 Å². The molecule has 0 aliphatic heterocycles. The second-order valence-electron chi connectivity index (χ2n) is 5.74. The molecular formula is C16H23N3O. The summed E-state index contributed by atoms with van der Waals surface area (Å²) in [7, 11) is 0. The van der Waals surface area contributed by atoms with E-state index in [1.54, 1.807) is 6.20 Å². The standard InChI is InChI=1S/C16H23N3O/c1-13(2)16(3,20)12-17-11-14-6-4-7-15(10-14)19-9-5-8-18-19/h4-10,13,17,20H,11-12H2,1-3H3. The third-order valence-electron chi connectivity index (χ3n) is 3.74. The topological polar surface area (TPSA) is 50.1 Å². The van der Waals surface area contributed by atoms with E-state index in [1.807, 2.05) is 49.8 Å². The molecule has 0 radical (unpaired) electrons. The van der Waals surface area contributed by atoms with Gasteiger partial charge in [0.25, 0.3) is 0 Å². The first kappa shape index (κ1) is 14.8. The molecule has 4 heteroatoms. The van der Waals surface area contributed by atoms with Gasteiger partial charge in [-0.2, -0.15) is 5.10 Å². The van der Waals surface area contributed by atoms with Gasteiger partial charge in [0.05, 0.1) is 11.3 Å². The Balaban J connectivity index is 1.96. The van der Waals surface area contributed by atoms with Gasteiger partial charge in [-0.1, -0.05) is 26.0 Å². The molecule has 2 N–H and O–H groups in total. The van der Waals surface area contributed by atoms with Crippen LogP contribution in [0.1, 0.15) is 26.3 Å². The normalized spacial score (nSPS) is 14.4. The van der Waals surface area contributed by atoms with Crippen LogP contribution in [-0.4, -0.2) is 27.0 Å². The van der Waals surface area contributed by atoms with Gasteiger partial charge in [0.1, 0.15) is 0 Å². The van der Waals surface area contributed by atoms with Crippen molar-refractivity contribution < 1.29 is 5.11 Å². The van der Waals surface area contributed by atoms with E-state index in [0.29, 0.717) is 6.54 Å². The summed E-state index contributed by atoms with van der Waals surface area (Å²) in [6.45, 7) is 7.24. The Morgan fingerprint density at radius 2 is 2.15 bits per heavy atom. The SMILES string of the molecule is CC(C)C(C)(O)CNCc1cccc(-n2cccn2)c1. The number of benzene rings is 1.